The zero-order valence-corrected chi connectivity index (χ0v) is 14.7. The van der Waals surface area contributed by atoms with Crippen LogP contribution in [0.3, 0.4) is 0 Å². The minimum absolute atomic E-state index is 0.110. The predicted octanol–water partition coefficient (Wildman–Crippen LogP) is 1.14. The van der Waals surface area contributed by atoms with Gasteiger partial charge in [0.1, 0.15) is 0 Å². The van der Waals surface area contributed by atoms with E-state index in [0.29, 0.717) is 0 Å². The van der Waals surface area contributed by atoms with Crippen LogP contribution in [0.15, 0.2) is 23.1 Å². The summed E-state index contributed by atoms with van der Waals surface area (Å²) in [5.41, 5.74) is 2.26. The molecular formula is C16H22N2O4S. The Morgan fingerprint density at radius 2 is 1.91 bits per heavy atom. The molecule has 0 aliphatic heterocycles. The van der Waals surface area contributed by atoms with Gasteiger partial charge >= 0.3 is 5.97 Å². The molecule has 0 aliphatic carbocycles. The summed E-state index contributed by atoms with van der Waals surface area (Å²) in [6.45, 7) is 3.50. The number of nitrogens with zero attached hydrogens (tertiary/aromatic N) is 1. The molecule has 0 spiro atoms. The molecule has 1 aromatic rings. The lowest BCUT2D eigenvalue weighted by molar-refractivity contribution is -0.146. The van der Waals surface area contributed by atoms with E-state index in [2.05, 4.69) is 5.32 Å². The normalized spacial score (nSPS) is 10.1. The molecule has 6 nitrogen and oxygen atoms in total. The second-order valence-corrected chi connectivity index (χ2v) is 6.30. The molecule has 0 saturated heterocycles. The molecule has 0 aliphatic rings. The Labute approximate surface area is 140 Å². The number of esters is 1. The Kier molecular flexibility index (Phi) is 7.61. The number of thioether (sulfide) groups is 1. The van der Waals surface area contributed by atoms with Gasteiger partial charge in [-0.05, 0) is 25.5 Å². The number of rotatable bonds is 7. The summed E-state index contributed by atoms with van der Waals surface area (Å²) in [4.78, 5) is 36.8. The highest BCUT2D eigenvalue weighted by molar-refractivity contribution is 8.00. The predicted molar refractivity (Wildman–Crippen MR) is 89.3 cm³/mol. The lowest BCUT2D eigenvalue weighted by Gasteiger charge is -2.11. The van der Waals surface area contributed by atoms with Crippen molar-refractivity contribution < 1.29 is 19.1 Å². The van der Waals surface area contributed by atoms with E-state index in [9.17, 15) is 14.4 Å². The van der Waals surface area contributed by atoms with Crippen molar-refractivity contribution in [2.75, 3.05) is 33.0 Å². The molecule has 0 radical (unpaired) electrons. The highest BCUT2D eigenvalue weighted by atomic mass is 32.2. The number of carbonyl (C=O) groups excluding carboxylic acids is 3. The molecule has 0 fully saturated rings. The van der Waals surface area contributed by atoms with E-state index in [1.165, 1.54) is 22.2 Å². The molecule has 0 heterocycles. The number of hydrogen-bond acceptors (Lipinski definition) is 5. The lowest BCUT2D eigenvalue weighted by Crippen LogP contribution is -2.38. The summed E-state index contributed by atoms with van der Waals surface area (Å²) in [6.07, 6.45) is 0. The molecule has 0 atom stereocenters. The smallest absolute Gasteiger partial charge is 0.316 e. The van der Waals surface area contributed by atoms with Crippen molar-refractivity contribution >= 4 is 29.5 Å². The van der Waals surface area contributed by atoms with Crippen LogP contribution in [0, 0.1) is 13.8 Å². The number of aryl methyl sites for hydroxylation is 2. The fraction of sp³-hybridized carbons (Fsp3) is 0.438. The summed E-state index contributed by atoms with van der Waals surface area (Å²) in [7, 11) is 3.19. The third kappa shape index (κ3) is 7.19. The van der Waals surface area contributed by atoms with Crippen LogP contribution < -0.4 is 5.32 Å². The summed E-state index contributed by atoms with van der Waals surface area (Å²) < 4.78 is 4.89. The number of ether oxygens (including phenoxy) is 1. The Hall–Kier alpha value is -2.02. The van der Waals surface area contributed by atoms with E-state index in [4.69, 9.17) is 4.74 Å². The van der Waals surface area contributed by atoms with Crippen LogP contribution in [0.25, 0.3) is 0 Å². The summed E-state index contributed by atoms with van der Waals surface area (Å²) in [6, 6.07) is 5.99. The molecule has 0 saturated carbocycles. The lowest BCUT2D eigenvalue weighted by atomic mass is 10.2. The van der Waals surface area contributed by atoms with Crippen LogP contribution in [0.5, 0.6) is 0 Å². The molecule has 1 rings (SSSR count). The second-order valence-electron chi connectivity index (χ2n) is 5.28. The average Bonchev–Trinajstić information content (AvgIpc) is 2.49. The largest absolute Gasteiger partial charge is 0.455 e. The molecule has 0 bridgehead atoms. The van der Waals surface area contributed by atoms with Gasteiger partial charge in [-0.3, -0.25) is 14.4 Å². The minimum Gasteiger partial charge on any atom is -0.455 e. The molecule has 0 aromatic heterocycles. The quantitative estimate of drug-likeness (QED) is 0.596. The Bertz CT molecular complexity index is 587. The van der Waals surface area contributed by atoms with Crippen molar-refractivity contribution in [3.8, 4) is 0 Å². The van der Waals surface area contributed by atoms with E-state index in [1.807, 2.05) is 32.0 Å². The Morgan fingerprint density at radius 1 is 1.22 bits per heavy atom. The maximum atomic E-state index is 11.6. The van der Waals surface area contributed by atoms with Gasteiger partial charge in [0, 0.05) is 19.0 Å². The Balaban J connectivity index is 2.29. The van der Waals surface area contributed by atoms with Gasteiger partial charge in [-0.2, -0.15) is 0 Å². The van der Waals surface area contributed by atoms with E-state index in [1.54, 1.807) is 14.1 Å². The number of likely N-dealkylation sites (N-methyl/N-ethyl adjacent to an activating group) is 1. The Morgan fingerprint density at radius 3 is 2.52 bits per heavy atom. The maximum absolute atomic E-state index is 11.6. The third-order valence-electron chi connectivity index (χ3n) is 2.98. The van der Waals surface area contributed by atoms with Gasteiger partial charge in [0.15, 0.2) is 6.61 Å². The van der Waals surface area contributed by atoms with Crippen molar-refractivity contribution in [3.63, 3.8) is 0 Å². The van der Waals surface area contributed by atoms with Crippen LogP contribution in [0.4, 0.5) is 0 Å². The van der Waals surface area contributed by atoms with Crippen molar-refractivity contribution in [3.05, 3.63) is 29.3 Å². The van der Waals surface area contributed by atoms with Crippen molar-refractivity contribution in [1.29, 1.82) is 0 Å². The standard InChI is InChI=1S/C16H22N2O4S/c1-11-5-6-13(12(2)7-11)23-10-16(21)22-9-14(19)17-8-15(20)18(3)4/h5-7H,8-10H2,1-4H3,(H,17,19). The average molecular weight is 338 g/mol. The number of nitrogens with one attached hydrogen (secondary N) is 1. The number of hydrogen-bond donors (Lipinski definition) is 1. The summed E-state index contributed by atoms with van der Waals surface area (Å²) in [5, 5.41) is 2.39. The van der Waals surface area contributed by atoms with Crippen LogP contribution in [0.2, 0.25) is 0 Å². The SMILES string of the molecule is Cc1ccc(SCC(=O)OCC(=O)NCC(=O)N(C)C)c(C)c1. The van der Waals surface area contributed by atoms with Gasteiger partial charge in [0.05, 0.1) is 12.3 Å². The zero-order chi connectivity index (χ0) is 17.4. The van der Waals surface area contributed by atoms with Gasteiger partial charge < -0.3 is 15.0 Å². The first kappa shape index (κ1) is 19.0. The summed E-state index contributed by atoms with van der Waals surface area (Å²) >= 11 is 1.37. The second kappa shape index (κ2) is 9.19. The molecular weight excluding hydrogens is 316 g/mol. The van der Waals surface area contributed by atoms with Gasteiger partial charge in [-0.1, -0.05) is 17.7 Å². The van der Waals surface area contributed by atoms with Crippen molar-refractivity contribution in [2.24, 2.45) is 0 Å². The highest BCUT2D eigenvalue weighted by Crippen LogP contribution is 2.23. The van der Waals surface area contributed by atoms with Gasteiger partial charge in [-0.25, -0.2) is 0 Å². The topological polar surface area (TPSA) is 75.7 Å². The summed E-state index contributed by atoms with van der Waals surface area (Å²) in [5.74, 6) is -1.06. The molecule has 2 amide bonds. The number of carbonyl (C=O) groups is 3. The first-order valence-electron chi connectivity index (χ1n) is 7.12. The first-order valence-corrected chi connectivity index (χ1v) is 8.10. The van der Waals surface area contributed by atoms with Gasteiger partial charge in [-0.15, -0.1) is 11.8 Å². The highest BCUT2D eigenvalue weighted by Gasteiger charge is 2.11. The van der Waals surface area contributed by atoms with E-state index in [0.717, 1.165) is 10.5 Å². The monoisotopic (exact) mass is 338 g/mol. The van der Waals surface area contributed by atoms with E-state index >= 15 is 0 Å². The fourth-order valence-electron chi connectivity index (χ4n) is 1.67. The molecule has 1 N–H and O–H groups in total. The molecule has 126 valence electrons. The van der Waals surface area contributed by atoms with Crippen LogP contribution in [-0.2, 0) is 19.1 Å². The first-order chi connectivity index (χ1) is 10.8. The van der Waals surface area contributed by atoms with Crippen LogP contribution in [0.1, 0.15) is 11.1 Å². The van der Waals surface area contributed by atoms with Crippen molar-refractivity contribution in [2.45, 2.75) is 18.7 Å². The van der Waals surface area contributed by atoms with E-state index in [-0.39, 0.29) is 24.8 Å². The molecule has 0 unspecified atom stereocenters. The van der Waals surface area contributed by atoms with Gasteiger partial charge in [0.2, 0.25) is 5.91 Å². The minimum atomic E-state index is -0.495. The zero-order valence-electron chi connectivity index (χ0n) is 13.8. The number of amides is 2. The molecule has 23 heavy (non-hydrogen) atoms. The van der Waals surface area contributed by atoms with Crippen LogP contribution >= 0.6 is 11.8 Å². The number of benzene rings is 1. The van der Waals surface area contributed by atoms with Crippen LogP contribution in [-0.4, -0.2) is 55.7 Å². The third-order valence-corrected chi connectivity index (χ3v) is 4.12. The maximum Gasteiger partial charge on any atom is 0.316 e. The molecule has 1 aromatic carbocycles. The van der Waals surface area contributed by atoms with Gasteiger partial charge in [0.25, 0.3) is 5.91 Å². The fourth-order valence-corrected chi connectivity index (χ4v) is 2.48. The van der Waals surface area contributed by atoms with Crippen molar-refractivity contribution in [1.82, 2.24) is 10.2 Å². The molecule has 7 heteroatoms. The van der Waals surface area contributed by atoms with E-state index < -0.39 is 11.9 Å².